The normalized spacial score (nSPS) is 19.8. The van der Waals surface area contributed by atoms with Crippen LogP contribution in [0.5, 0.6) is 0 Å². The quantitative estimate of drug-likeness (QED) is 0.738. The van der Waals surface area contributed by atoms with E-state index in [4.69, 9.17) is 5.73 Å². The molecule has 0 radical (unpaired) electrons. The Kier molecular flexibility index (Phi) is 2.12. The van der Waals surface area contributed by atoms with Crippen LogP contribution in [0.3, 0.4) is 0 Å². The monoisotopic (exact) mass is 179 g/mol. The van der Waals surface area contributed by atoms with Gasteiger partial charge in [-0.3, -0.25) is 5.10 Å². The molecule has 0 amide bonds. The molecule has 13 heavy (non-hydrogen) atoms. The molecular formula is C10H17N3. The fraction of sp³-hybridized carbons (Fsp3) is 0.700. The lowest BCUT2D eigenvalue weighted by Gasteiger charge is -2.40. The van der Waals surface area contributed by atoms with Crippen LogP contribution in [0.4, 0.5) is 0 Å². The highest BCUT2D eigenvalue weighted by Crippen LogP contribution is 2.45. The molecule has 1 aliphatic carbocycles. The second-order valence-electron chi connectivity index (χ2n) is 4.11. The van der Waals surface area contributed by atoms with Crippen molar-refractivity contribution in [3.05, 3.63) is 17.5 Å². The molecule has 1 aromatic rings. The summed E-state index contributed by atoms with van der Waals surface area (Å²) < 4.78 is 0. The highest BCUT2D eigenvalue weighted by molar-refractivity contribution is 5.21. The molecule has 3 heteroatoms. The van der Waals surface area contributed by atoms with Gasteiger partial charge in [0.1, 0.15) is 0 Å². The fourth-order valence-corrected chi connectivity index (χ4v) is 2.20. The Bertz CT molecular complexity index is 286. The largest absolute Gasteiger partial charge is 0.330 e. The third-order valence-corrected chi connectivity index (χ3v) is 3.18. The van der Waals surface area contributed by atoms with Gasteiger partial charge in [-0.1, -0.05) is 6.42 Å². The van der Waals surface area contributed by atoms with Gasteiger partial charge in [-0.25, -0.2) is 0 Å². The summed E-state index contributed by atoms with van der Waals surface area (Å²) in [5.74, 6) is 0. The number of rotatable bonds is 3. The molecule has 1 fully saturated rings. The number of hydrogen-bond acceptors (Lipinski definition) is 2. The minimum atomic E-state index is 0.319. The Hall–Kier alpha value is -0.830. The van der Waals surface area contributed by atoms with E-state index in [0.717, 1.165) is 18.7 Å². The molecule has 1 aliphatic rings. The molecule has 0 atom stereocenters. The van der Waals surface area contributed by atoms with Crippen LogP contribution in [0, 0.1) is 6.92 Å². The van der Waals surface area contributed by atoms with E-state index in [1.807, 2.05) is 6.92 Å². The van der Waals surface area contributed by atoms with Gasteiger partial charge in [-0.2, -0.15) is 5.10 Å². The second-order valence-corrected chi connectivity index (χ2v) is 4.11. The minimum absolute atomic E-state index is 0.319. The summed E-state index contributed by atoms with van der Waals surface area (Å²) in [6.07, 6.45) is 4.92. The molecule has 3 N–H and O–H groups in total. The van der Waals surface area contributed by atoms with E-state index in [1.165, 1.54) is 25.0 Å². The van der Waals surface area contributed by atoms with Crippen LogP contribution < -0.4 is 5.73 Å². The van der Waals surface area contributed by atoms with Crippen LogP contribution in [0.25, 0.3) is 0 Å². The zero-order valence-corrected chi connectivity index (χ0v) is 8.14. The lowest BCUT2D eigenvalue weighted by atomic mass is 9.64. The summed E-state index contributed by atoms with van der Waals surface area (Å²) in [6.45, 7) is 2.82. The smallest absolute Gasteiger partial charge is 0.0687 e. The maximum Gasteiger partial charge on any atom is 0.0687 e. The molecule has 0 saturated heterocycles. The molecule has 2 rings (SSSR count). The number of H-pyrrole nitrogens is 1. The predicted octanol–water partition coefficient (Wildman–Crippen LogP) is 1.49. The molecule has 1 saturated carbocycles. The number of nitrogens with zero attached hydrogens (tertiary/aromatic N) is 1. The van der Waals surface area contributed by atoms with Crippen molar-refractivity contribution in [3.63, 3.8) is 0 Å². The van der Waals surface area contributed by atoms with Gasteiger partial charge in [-0.15, -0.1) is 0 Å². The summed E-state index contributed by atoms with van der Waals surface area (Å²) in [7, 11) is 0. The van der Waals surface area contributed by atoms with E-state index in [9.17, 15) is 0 Å². The van der Waals surface area contributed by atoms with Gasteiger partial charge in [0.05, 0.1) is 5.69 Å². The Morgan fingerprint density at radius 2 is 2.38 bits per heavy atom. The molecule has 0 spiro atoms. The van der Waals surface area contributed by atoms with Crippen LogP contribution in [0.15, 0.2) is 6.07 Å². The van der Waals surface area contributed by atoms with Gasteiger partial charge in [-0.05, 0) is 38.8 Å². The molecule has 3 nitrogen and oxygen atoms in total. The van der Waals surface area contributed by atoms with Crippen LogP contribution in [0.1, 0.15) is 37.1 Å². The number of aromatic amines is 1. The highest BCUT2D eigenvalue weighted by Gasteiger charge is 2.39. The zero-order valence-electron chi connectivity index (χ0n) is 8.14. The van der Waals surface area contributed by atoms with Crippen molar-refractivity contribution in [2.45, 2.75) is 38.0 Å². The van der Waals surface area contributed by atoms with Crippen LogP contribution in [-0.4, -0.2) is 16.7 Å². The van der Waals surface area contributed by atoms with Crippen molar-refractivity contribution in [3.8, 4) is 0 Å². The Morgan fingerprint density at radius 1 is 1.62 bits per heavy atom. The van der Waals surface area contributed by atoms with Gasteiger partial charge in [0.15, 0.2) is 0 Å². The molecule has 0 bridgehead atoms. The summed E-state index contributed by atoms with van der Waals surface area (Å²) in [6, 6.07) is 2.16. The number of aryl methyl sites for hydroxylation is 1. The SMILES string of the molecule is Cc1cc(C2(CCN)CCC2)n[nH]1. The van der Waals surface area contributed by atoms with E-state index in [0.29, 0.717) is 5.41 Å². The zero-order chi connectivity index (χ0) is 9.31. The average Bonchev–Trinajstić information content (AvgIpc) is 2.44. The van der Waals surface area contributed by atoms with Gasteiger partial charge >= 0.3 is 0 Å². The van der Waals surface area contributed by atoms with Crippen LogP contribution in [0.2, 0.25) is 0 Å². The first kappa shape index (κ1) is 8.75. The fourth-order valence-electron chi connectivity index (χ4n) is 2.20. The Morgan fingerprint density at radius 3 is 2.77 bits per heavy atom. The van der Waals surface area contributed by atoms with Crippen molar-refractivity contribution in [2.24, 2.45) is 5.73 Å². The van der Waals surface area contributed by atoms with E-state index < -0.39 is 0 Å². The number of nitrogens with one attached hydrogen (secondary N) is 1. The number of aromatic nitrogens is 2. The lowest BCUT2D eigenvalue weighted by Crippen LogP contribution is -2.36. The molecule has 72 valence electrons. The van der Waals surface area contributed by atoms with Crippen molar-refractivity contribution in [2.75, 3.05) is 6.54 Å². The van der Waals surface area contributed by atoms with E-state index in [1.54, 1.807) is 0 Å². The van der Waals surface area contributed by atoms with Gasteiger partial charge in [0.2, 0.25) is 0 Å². The van der Waals surface area contributed by atoms with Gasteiger partial charge in [0, 0.05) is 11.1 Å². The first-order valence-electron chi connectivity index (χ1n) is 4.99. The van der Waals surface area contributed by atoms with Crippen molar-refractivity contribution >= 4 is 0 Å². The molecule has 0 aromatic carbocycles. The summed E-state index contributed by atoms with van der Waals surface area (Å²) >= 11 is 0. The first-order valence-corrected chi connectivity index (χ1v) is 4.99. The van der Waals surface area contributed by atoms with E-state index in [2.05, 4.69) is 16.3 Å². The third kappa shape index (κ3) is 1.37. The highest BCUT2D eigenvalue weighted by atomic mass is 15.1. The standard InChI is InChI=1S/C10H17N3/c1-8-7-9(13-12-8)10(5-6-11)3-2-4-10/h7H,2-6,11H2,1H3,(H,12,13). The van der Waals surface area contributed by atoms with Gasteiger partial charge in [0.25, 0.3) is 0 Å². The summed E-state index contributed by atoms with van der Waals surface area (Å²) in [5, 5.41) is 7.36. The van der Waals surface area contributed by atoms with Gasteiger partial charge < -0.3 is 5.73 Å². The molecule has 0 aliphatic heterocycles. The topological polar surface area (TPSA) is 54.7 Å². The summed E-state index contributed by atoms with van der Waals surface area (Å²) in [5.41, 5.74) is 8.32. The molecule has 1 heterocycles. The molecule has 1 aromatic heterocycles. The van der Waals surface area contributed by atoms with Crippen molar-refractivity contribution < 1.29 is 0 Å². The average molecular weight is 179 g/mol. The maximum absolute atomic E-state index is 5.63. The van der Waals surface area contributed by atoms with E-state index >= 15 is 0 Å². The second kappa shape index (κ2) is 3.14. The summed E-state index contributed by atoms with van der Waals surface area (Å²) in [4.78, 5) is 0. The Labute approximate surface area is 78.7 Å². The molecular weight excluding hydrogens is 162 g/mol. The lowest BCUT2D eigenvalue weighted by molar-refractivity contribution is 0.222. The maximum atomic E-state index is 5.63. The molecule has 0 unspecified atom stereocenters. The number of nitrogens with two attached hydrogens (primary N) is 1. The van der Waals surface area contributed by atoms with Crippen molar-refractivity contribution in [1.29, 1.82) is 0 Å². The Balaban J connectivity index is 2.21. The van der Waals surface area contributed by atoms with Crippen molar-refractivity contribution in [1.82, 2.24) is 10.2 Å². The predicted molar refractivity (Wildman–Crippen MR) is 52.5 cm³/mol. The minimum Gasteiger partial charge on any atom is -0.330 e. The van der Waals surface area contributed by atoms with Crippen LogP contribution >= 0.6 is 0 Å². The third-order valence-electron chi connectivity index (χ3n) is 3.18. The van der Waals surface area contributed by atoms with Crippen LogP contribution in [-0.2, 0) is 5.41 Å². The van der Waals surface area contributed by atoms with E-state index in [-0.39, 0.29) is 0 Å². The number of hydrogen-bond donors (Lipinski definition) is 2. The first-order chi connectivity index (χ1) is 6.27.